The number of rotatable bonds is 12. The largest absolute Gasteiger partial charge is 0.496 e. The molecule has 0 aromatic heterocycles. The van der Waals surface area contributed by atoms with Gasteiger partial charge in [0.05, 0.1) is 13.2 Å². The van der Waals surface area contributed by atoms with E-state index in [1.807, 2.05) is 26.0 Å². The van der Waals surface area contributed by atoms with Crippen molar-refractivity contribution in [2.75, 3.05) is 12.9 Å². The highest BCUT2D eigenvalue weighted by molar-refractivity contribution is 8.00. The smallest absolute Gasteiger partial charge is 0.342 e. The van der Waals surface area contributed by atoms with E-state index in [0.717, 1.165) is 25.7 Å². The number of unbranched alkanes of at least 4 members (excludes halogenated alkanes) is 3. The highest BCUT2D eigenvalue weighted by atomic mass is 32.2. The first kappa shape index (κ1) is 28.5. The fraction of sp³-hybridized carbons (Fsp3) is 0.552. The van der Waals surface area contributed by atoms with Crippen LogP contribution in [0.2, 0.25) is 0 Å². The second-order valence-electron chi connectivity index (χ2n) is 9.37. The van der Waals surface area contributed by atoms with E-state index in [-0.39, 0.29) is 23.1 Å². The van der Waals surface area contributed by atoms with E-state index in [0.29, 0.717) is 36.3 Å². The van der Waals surface area contributed by atoms with Gasteiger partial charge in [-0.3, -0.25) is 4.79 Å². The molecule has 0 saturated carbocycles. The number of para-hydroxylation sites is 1. The quantitative estimate of drug-likeness (QED) is 0.145. The van der Waals surface area contributed by atoms with E-state index in [9.17, 15) is 9.59 Å². The summed E-state index contributed by atoms with van der Waals surface area (Å²) in [6, 6.07) is 9.15. The molecular weight excluding hydrogens is 458 g/mol. The van der Waals surface area contributed by atoms with E-state index in [1.54, 1.807) is 36.0 Å². The van der Waals surface area contributed by atoms with Crippen molar-refractivity contribution in [3.63, 3.8) is 0 Å². The van der Waals surface area contributed by atoms with Gasteiger partial charge in [0.25, 0.3) is 0 Å². The number of hydrogen-bond acceptors (Lipinski definition) is 6. The van der Waals surface area contributed by atoms with Crippen LogP contribution in [-0.2, 0) is 9.53 Å². The number of nitrogens with zero attached hydrogens (tertiary/aromatic N) is 1. The molecule has 6 heteroatoms. The lowest BCUT2D eigenvalue weighted by Crippen LogP contribution is -2.28. The van der Waals surface area contributed by atoms with Crippen LogP contribution in [0.1, 0.15) is 76.1 Å². The molecule has 1 aliphatic rings. The van der Waals surface area contributed by atoms with Crippen molar-refractivity contribution in [1.29, 1.82) is 5.26 Å². The molecule has 2 rings (SSSR count). The summed E-state index contributed by atoms with van der Waals surface area (Å²) in [5.41, 5.74) is -0.0297. The molecule has 0 unspecified atom stereocenters. The Bertz CT molecular complexity index is 982. The van der Waals surface area contributed by atoms with Crippen LogP contribution in [0.4, 0.5) is 0 Å². The molecule has 0 spiro atoms. The van der Waals surface area contributed by atoms with Crippen LogP contribution in [0.15, 0.2) is 36.4 Å². The number of hydrogen-bond donors (Lipinski definition) is 0. The van der Waals surface area contributed by atoms with Gasteiger partial charge in [0.15, 0.2) is 5.78 Å². The molecule has 1 heterocycles. The molecule has 0 amide bonds. The van der Waals surface area contributed by atoms with Gasteiger partial charge in [-0.15, -0.1) is 11.8 Å². The summed E-state index contributed by atoms with van der Waals surface area (Å²) in [4.78, 5) is 25.9. The molecule has 1 saturated heterocycles. The van der Waals surface area contributed by atoms with Gasteiger partial charge in [-0.25, -0.2) is 4.79 Å². The summed E-state index contributed by atoms with van der Waals surface area (Å²) < 4.78 is 11.3. The van der Waals surface area contributed by atoms with Gasteiger partial charge in [0.1, 0.15) is 17.4 Å². The Labute approximate surface area is 214 Å². The summed E-state index contributed by atoms with van der Waals surface area (Å²) in [5.74, 6) is 7.05. The van der Waals surface area contributed by atoms with Gasteiger partial charge >= 0.3 is 5.97 Å². The van der Waals surface area contributed by atoms with Gasteiger partial charge in [0.2, 0.25) is 0 Å². The summed E-state index contributed by atoms with van der Waals surface area (Å²) in [7, 11) is 1.53. The minimum atomic E-state index is -0.427. The SMILES string of the molecule is CCCCC(C)(C)C(=O)/C=C/[C@H]1[C@@H](OC(=O)c2ccccc2OC)CS[C@@H]1CC#CCCCC#N. The van der Waals surface area contributed by atoms with Crippen LogP contribution < -0.4 is 4.74 Å². The number of esters is 1. The summed E-state index contributed by atoms with van der Waals surface area (Å²) in [6.45, 7) is 6.10. The number of carbonyl (C=O) groups excluding carboxylic acids is 2. The minimum absolute atomic E-state index is 0.0963. The molecule has 0 bridgehead atoms. The van der Waals surface area contributed by atoms with Crippen LogP contribution in [0, 0.1) is 34.5 Å². The molecule has 1 aliphatic heterocycles. The Kier molecular flexibility index (Phi) is 11.9. The van der Waals surface area contributed by atoms with E-state index in [4.69, 9.17) is 14.7 Å². The zero-order valence-corrected chi connectivity index (χ0v) is 22.2. The van der Waals surface area contributed by atoms with Crippen molar-refractivity contribution in [1.82, 2.24) is 0 Å². The molecule has 188 valence electrons. The maximum Gasteiger partial charge on any atom is 0.342 e. The number of ether oxygens (including phenoxy) is 2. The maximum atomic E-state index is 13.0. The third-order valence-electron chi connectivity index (χ3n) is 6.23. The lowest BCUT2D eigenvalue weighted by molar-refractivity contribution is -0.122. The van der Waals surface area contributed by atoms with Crippen LogP contribution in [0.25, 0.3) is 0 Å². The molecule has 1 aromatic carbocycles. The van der Waals surface area contributed by atoms with Crippen molar-refractivity contribution >= 4 is 23.5 Å². The molecular formula is C29H37NO4S. The van der Waals surface area contributed by atoms with Crippen LogP contribution >= 0.6 is 11.8 Å². The monoisotopic (exact) mass is 495 g/mol. The van der Waals surface area contributed by atoms with Gasteiger partial charge in [-0.2, -0.15) is 17.0 Å². The third kappa shape index (κ3) is 8.79. The predicted octanol–water partition coefficient (Wildman–Crippen LogP) is 6.38. The number of allylic oxidation sites excluding steroid dienone is 1. The Morgan fingerprint density at radius 2 is 1.97 bits per heavy atom. The fourth-order valence-corrected chi connectivity index (χ4v) is 5.35. The van der Waals surface area contributed by atoms with E-state index < -0.39 is 11.4 Å². The first-order chi connectivity index (χ1) is 16.8. The highest BCUT2D eigenvalue weighted by Crippen LogP contribution is 2.38. The zero-order valence-electron chi connectivity index (χ0n) is 21.3. The predicted molar refractivity (Wildman–Crippen MR) is 141 cm³/mol. The van der Waals surface area contributed by atoms with E-state index in [1.165, 1.54) is 7.11 Å². The second kappa shape index (κ2) is 14.6. The molecule has 0 N–H and O–H groups in total. The Balaban J connectivity index is 2.17. The molecule has 3 atom stereocenters. The fourth-order valence-electron chi connectivity index (χ4n) is 3.93. The first-order valence-electron chi connectivity index (χ1n) is 12.3. The number of ketones is 1. The molecule has 1 fully saturated rings. The number of benzene rings is 1. The summed E-state index contributed by atoms with van der Waals surface area (Å²) in [6.07, 6.45) is 8.78. The normalized spacial score (nSPS) is 19.6. The molecule has 0 radical (unpaired) electrons. The van der Waals surface area contributed by atoms with Crippen LogP contribution in [-0.4, -0.2) is 36.0 Å². The number of methoxy groups -OCH3 is 1. The van der Waals surface area contributed by atoms with Crippen molar-refractivity contribution in [2.24, 2.45) is 11.3 Å². The molecule has 0 aliphatic carbocycles. The minimum Gasteiger partial charge on any atom is -0.496 e. The molecule has 1 aromatic rings. The summed E-state index contributed by atoms with van der Waals surface area (Å²) >= 11 is 1.72. The number of nitriles is 1. The van der Waals surface area contributed by atoms with E-state index >= 15 is 0 Å². The highest BCUT2D eigenvalue weighted by Gasteiger charge is 2.38. The second-order valence-corrected chi connectivity index (χ2v) is 10.6. The van der Waals surface area contributed by atoms with Gasteiger partial charge in [0, 0.05) is 41.6 Å². The lowest BCUT2D eigenvalue weighted by Gasteiger charge is -2.23. The van der Waals surface area contributed by atoms with Crippen molar-refractivity contribution < 1.29 is 19.1 Å². The lowest BCUT2D eigenvalue weighted by atomic mass is 9.82. The summed E-state index contributed by atoms with van der Waals surface area (Å²) in [5, 5.41) is 8.79. The average Bonchev–Trinajstić information content (AvgIpc) is 3.24. The maximum absolute atomic E-state index is 13.0. The Morgan fingerprint density at radius 3 is 2.69 bits per heavy atom. The van der Waals surface area contributed by atoms with Crippen LogP contribution in [0.5, 0.6) is 5.75 Å². The van der Waals surface area contributed by atoms with E-state index in [2.05, 4.69) is 24.8 Å². The molecule has 35 heavy (non-hydrogen) atoms. The van der Waals surface area contributed by atoms with Crippen LogP contribution in [0.3, 0.4) is 0 Å². The third-order valence-corrected chi connectivity index (χ3v) is 7.66. The van der Waals surface area contributed by atoms with Crippen molar-refractivity contribution in [2.45, 2.75) is 77.1 Å². The van der Waals surface area contributed by atoms with Crippen molar-refractivity contribution in [3.8, 4) is 23.7 Å². The van der Waals surface area contributed by atoms with Gasteiger partial charge in [-0.1, -0.05) is 51.8 Å². The average molecular weight is 496 g/mol. The Hall–Kier alpha value is -2.70. The topological polar surface area (TPSA) is 76.4 Å². The van der Waals surface area contributed by atoms with Crippen molar-refractivity contribution in [3.05, 3.63) is 42.0 Å². The standard InChI is InChI=1S/C29H37NO4S/c1-5-6-19-29(2,3)27(31)18-17-22-25(21-35-26(22)16-10-8-7-9-13-20-30)34-28(32)23-14-11-12-15-24(23)33-4/h11-12,14-15,17-18,22,25-26H,5-7,9,13,16,19,21H2,1-4H3/b18-17+/t22-,25-,26+/m0/s1. The van der Waals surface area contributed by atoms with Gasteiger partial charge in [-0.05, 0) is 31.1 Å². The number of carbonyl (C=O) groups is 2. The Morgan fingerprint density at radius 1 is 1.20 bits per heavy atom. The molecule has 5 nitrogen and oxygen atoms in total. The number of thioether (sulfide) groups is 1. The zero-order chi connectivity index (χ0) is 25.7. The first-order valence-corrected chi connectivity index (χ1v) is 13.4. The van der Waals surface area contributed by atoms with Gasteiger partial charge < -0.3 is 9.47 Å².